The van der Waals surface area contributed by atoms with Crippen LogP contribution < -0.4 is 5.43 Å². The van der Waals surface area contributed by atoms with Crippen LogP contribution in [0.3, 0.4) is 0 Å². The summed E-state index contributed by atoms with van der Waals surface area (Å²) in [6, 6.07) is 18.9. The first-order valence-electron chi connectivity index (χ1n) is 11.3. The van der Waals surface area contributed by atoms with E-state index in [-0.39, 0.29) is 5.43 Å². The predicted molar refractivity (Wildman–Crippen MR) is 132 cm³/mol. The van der Waals surface area contributed by atoms with E-state index in [1.165, 1.54) is 0 Å². The second kappa shape index (κ2) is 9.41. The Hall–Kier alpha value is -3.73. The van der Waals surface area contributed by atoms with Crippen molar-refractivity contribution >= 4 is 17.0 Å². The summed E-state index contributed by atoms with van der Waals surface area (Å²) >= 11 is 0. The molecule has 0 atom stereocenters. The van der Waals surface area contributed by atoms with Crippen LogP contribution in [0.2, 0.25) is 0 Å². The topological polar surface area (TPSA) is 72.2 Å². The van der Waals surface area contributed by atoms with E-state index >= 15 is 0 Å². The Kier molecular flexibility index (Phi) is 6.40. The van der Waals surface area contributed by atoms with E-state index in [9.17, 15) is 14.7 Å². The summed E-state index contributed by atoms with van der Waals surface area (Å²) in [6.45, 7) is 6.49. The average Bonchev–Trinajstić information content (AvgIpc) is 3.07. The van der Waals surface area contributed by atoms with Gasteiger partial charge in [-0.25, -0.2) is 9.78 Å². The Balaban J connectivity index is 1.75. The first kappa shape index (κ1) is 22.5. The number of aryl methyl sites for hydroxylation is 3. The van der Waals surface area contributed by atoms with Crippen molar-refractivity contribution in [2.24, 2.45) is 0 Å². The Bertz CT molecular complexity index is 1390. The normalized spacial score (nSPS) is 11.1. The van der Waals surface area contributed by atoms with Gasteiger partial charge in [0, 0.05) is 13.0 Å². The molecule has 0 saturated heterocycles. The van der Waals surface area contributed by atoms with Crippen molar-refractivity contribution in [1.82, 2.24) is 9.55 Å². The summed E-state index contributed by atoms with van der Waals surface area (Å²) in [5.74, 6) is 0.0843. The number of benzene rings is 2. The van der Waals surface area contributed by atoms with Crippen LogP contribution in [0, 0.1) is 13.8 Å². The summed E-state index contributed by atoms with van der Waals surface area (Å²) in [7, 11) is 0. The van der Waals surface area contributed by atoms with E-state index in [1.54, 1.807) is 12.1 Å². The molecule has 1 N–H and O–H groups in total. The molecule has 4 aromatic rings. The van der Waals surface area contributed by atoms with Gasteiger partial charge in [0.25, 0.3) is 0 Å². The molecule has 0 amide bonds. The van der Waals surface area contributed by atoms with E-state index in [1.807, 2.05) is 62.4 Å². The SMILES string of the molecule is CCCCc1nc2cc(C)c(=O)c(C)cc2n1Cc1ccc(-c2ccccc2C(=O)O)cc1. The van der Waals surface area contributed by atoms with Crippen molar-refractivity contribution in [2.75, 3.05) is 0 Å². The van der Waals surface area contributed by atoms with E-state index < -0.39 is 5.97 Å². The summed E-state index contributed by atoms with van der Waals surface area (Å²) in [6.07, 6.45) is 3.00. The maximum Gasteiger partial charge on any atom is 0.336 e. The molecular weight excluding hydrogens is 412 g/mol. The minimum atomic E-state index is -0.934. The van der Waals surface area contributed by atoms with Gasteiger partial charge < -0.3 is 9.67 Å². The number of nitrogens with zero attached hydrogens (tertiary/aromatic N) is 2. The molecule has 4 rings (SSSR count). The molecule has 0 aliphatic carbocycles. The number of aromatic carboxylic acids is 1. The highest BCUT2D eigenvalue weighted by molar-refractivity contribution is 5.96. The maximum absolute atomic E-state index is 12.5. The van der Waals surface area contributed by atoms with Crippen LogP contribution in [-0.4, -0.2) is 20.6 Å². The van der Waals surface area contributed by atoms with Gasteiger partial charge in [-0.1, -0.05) is 55.8 Å². The molecule has 0 unspecified atom stereocenters. The quantitative estimate of drug-likeness (QED) is 0.396. The van der Waals surface area contributed by atoms with E-state index in [0.717, 1.165) is 47.2 Å². The van der Waals surface area contributed by atoms with Crippen molar-refractivity contribution in [2.45, 2.75) is 46.6 Å². The fraction of sp³-hybridized carbons (Fsp3) is 0.250. The molecule has 0 fully saturated rings. The van der Waals surface area contributed by atoms with Gasteiger partial charge in [0.2, 0.25) is 0 Å². The first-order valence-corrected chi connectivity index (χ1v) is 11.3. The van der Waals surface area contributed by atoms with E-state index in [0.29, 0.717) is 28.8 Å². The monoisotopic (exact) mass is 440 g/mol. The second-order valence-corrected chi connectivity index (χ2v) is 8.52. The van der Waals surface area contributed by atoms with Crippen molar-refractivity contribution in [1.29, 1.82) is 0 Å². The molecular formula is C28H28N2O3. The minimum absolute atomic E-state index is 0.0520. The van der Waals surface area contributed by atoms with Gasteiger partial charge in [-0.3, -0.25) is 4.79 Å². The van der Waals surface area contributed by atoms with Gasteiger partial charge in [-0.05, 0) is 66.3 Å². The van der Waals surface area contributed by atoms with Crippen LogP contribution in [0.15, 0.2) is 65.5 Å². The third-order valence-corrected chi connectivity index (χ3v) is 6.05. The fourth-order valence-corrected chi connectivity index (χ4v) is 4.24. The van der Waals surface area contributed by atoms with Crippen molar-refractivity contribution in [3.8, 4) is 11.1 Å². The Labute approximate surface area is 193 Å². The number of carboxylic acid groups (broad SMARTS) is 1. The molecule has 5 nitrogen and oxygen atoms in total. The molecule has 1 aromatic heterocycles. The van der Waals surface area contributed by atoms with Crippen LogP contribution in [0.25, 0.3) is 22.2 Å². The number of hydrogen-bond donors (Lipinski definition) is 1. The zero-order valence-electron chi connectivity index (χ0n) is 19.3. The summed E-state index contributed by atoms with van der Waals surface area (Å²) < 4.78 is 2.21. The van der Waals surface area contributed by atoms with Crippen molar-refractivity contribution in [3.63, 3.8) is 0 Å². The number of unbranched alkanes of at least 4 members (excludes halogenated alkanes) is 1. The van der Waals surface area contributed by atoms with Gasteiger partial charge in [-0.2, -0.15) is 0 Å². The largest absolute Gasteiger partial charge is 0.478 e. The standard InChI is InChI=1S/C28H28N2O3/c1-4-5-10-26-29-24-15-18(2)27(31)19(3)16-25(24)30(26)17-20-11-13-21(14-12-20)22-8-6-7-9-23(22)28(32)33/h6-9,11-16H,4-5,10,17H2,1-3H3,(H,32,33). The molecule has 0 aliphatic heterocycles. The highest BCUT2D eigenvalue weighted by Gasteiger charge is 2.14. The zero-order valence-corrected chi connectivity index (χ0v) is 19.3. The van der Waals surface area contributed by atoms with E-state index in [2.05, 4.69) is 11.5 Å². The summed E-state index contributed by atoms with van der Waals surface area (Å²) in [4.78, 5) is 28.9. The van der Waals surface area contributed by atoms with Crippen LogP contribution in [-0.2, 0) is 13.0 Å². The van der Waals surface area contributed by atoms with Crippen LogP contribution in [0.1, 0.15) is 52.6 Å². The highest BCUT2D eigenvalue weighted by atomic mass is 16.4. The summed E-state index contributed by atoms with van der Waals surface area (Å²) in [5.41, 5.74) is 6.23. The van der Waals surface area contributed by atoms with Crippen molar-refractivity contribution in [3.05, 3.63) is 99.0 Å². The number of rotatable bonds is 7. The molecule has 0 aliphatic rings. The molecule has 0 radical (unpaired) electrons. The molecule has 0 spiro atoms. The Morgan fingerprint density at radius 1 is 1.00 bits per heavy atom. The molecule has 3 aromatic carbocycles. The molecule has 5 heteroatoms. The lowest BCUT2D eigenvalue weighted by Crippen LogP contribution is -2.07. The number of fused-ring (bicyclic) bond motifs is 1. The summed E-state index contributed by atoms with van der Waals surface area (Å²) in [5, 5.41) is 9.50. The predicted octanol–water partition coefficient (Wildman–Crippen LogP) is 5.77. The molecule has 0 bridgehead atoms. The lowest BCUT2D eigenvalue weighted by atomic mass is 9.99. The lowest BCUT2D eigenvalue weighted by Gasteiger charge is -2.11. The third-order valence-electron chi connectivity index (χ3n) is 6.05. The van der Waals surface area contributed by atoms with Gasteiger partial charge in [0.15, 0.2) is 5.43 Å². The Morgan fingerprint density at radius 2 is 1.70 bits per heavy atom. The number of hydrogen-bond acceptors (Lipinski definition) is 3. The van der Waals surface area contributed by atoms with Gasteiger partial charge in [-0.15, -0.1) is 0 Å². The third kappa shape index (κ3) is 4.58. The number of imidazole rings is 1. The fourth-order valence-electron chi connectivity index (χ4n) is 4.24. The van der Waals surface area contributed by atoms with Gasteiger partial charge in [0.05, 0.1) is 16.6 Å². The van der Waals surface area contributed by atoms with Crippen LogP contribution in [0.5, 0.6) is 0 Å². The smallest absolute Gasteiger partial charge is 0.336 e. The maximum atomic E-state index is 12.5. The van der Waals surface area contributed by atoms with Gasteiger partial charge in [0.1, 0.15) is 5.82 Å². The first-order chi connectivity index (χ1) is 15.9. The van der Waals surface area contributed by atoms with Crippen LogP contribution in [0.4, 0.5) is 0 Å². The number of carboxylic acids is 1. The Morgan fingerprint density at radius 3 is 2.39 bits per heavy atom. The molecule has 168 valence electrons. The molecule has 0 saturated carbocycles. The zero-order chi connectivity index (χ0) is 23.5. The number of aromatic nitrogens is 2. The van der Waals surface area contributed by atoms with Crippen LogP contribution >= 0.6 is 0 Å². The average molecular weight is 441 g/mol. The second-order valence-electron chi connectivity index (χ2n) is 8.52. The van der Waals surface area contributed by atoms with Gasteiger partial charge >= 0.3 is 5.97 Å². The number of carbonyl (C=O) groups is 1. The van der Waals surface area contributed by atoms with E-state index in [4.69, 9.17) is 4.98 Å². The lowest BCUT2D eigenvalue weighted by molar-refractivity contribution is 0.0697. The molecule has 33 heavy (non-hydrogen) atoms. The highest BCUT2D eigenvalue weighted by Crippen LogP contribution is 2.25. The van der Waals surface area contributed by atoms with Crippen molar-refractivity contribution < 1.29 is 9.90 Å². The minimum Gasteiger partial charge on any atom is -0.478 e. The molecule has 1 heterocycles.